The van der Waals surface area contributed by atoms with Gasteiger partial charge in [-0.2, -0.15) is 0 Å². The number of benzene rings is 2. The summed E-state index contributed by atoms with van der Waals surface area (Å²) in [4.78, 5) is 4.42. The molecule has 1 atom stereocenters. The van der Waals surface area contributed by atoms with E-state index in [1.165, 1.54) is 22.5 Å². The molecule has 0 bridgehead atoms. The van der Waals surface area contributed by atoms with Crippen molar-refractivity contribution in [3.8, 4) is 0 Å². The molecule has 112 valence electrons. The quantitative estimate of drug-likeness (QED) is 0.831. The van der Waals surface area contributed by atoms with Gasteiger partial charge in [0, 0.05) is 32.5 Å². The molecule has 0 amide bonds. The summed E-state index contributed by atoms with van der Waals surface area (Å²) in [7, 11) is 6.26. The molecule has 0 fully saturated rings. The first-order valence-corrected chi connectivity index (χ1v) is 7.61. The molecule has 3 rings (SSSR count). The van der Waals surface area contributed by atoms with Crippen LogP contribution >= 0.6 is 0 Å². The van der Waals surface area contributed by atoms with Crippen molar-refractivity contribution in [2.75, 3.05) is 30.9 Å². The summed E-state index contributed by atoms with van der Waals surface area (Å²) >= 11 is 0. The second-order valence-corrected chi connectivity index (χ2v) is 5.86. The highest BCUT2D eigenvalue weighted by molar-refractivity contribution is 5.73. The molecule has 0 radical (unpaired) electrons. The lowest BCUT2D eigenvalue weighted by molar-refractivity contribution is 0.889. The second kappa shape index (κ2) is 6.10. The average Bonchev–Trinajstić information content (AvgIpc) is 2.55. The highest BCUT2D eigenvalue weighted by atomic mass is 15.1. The van der Waals surface area contributed by atoms with Gasteiger partial charge in [0.05, 0.1) is 6.04 Å². The van der Waals surface area contributed by atoms with E-state index in [4.69, 9.17) is 0 Å². The first kappa shape index (κ1) is 14.5. The van der Waals surface area contributed by atoms with Crippen molar-refractivity contribution in [1.82, 2.24) is 0 Å². The summed E-state index contributed by atoms with van der Waals surface area (Å²) in [5.74, 6) is 0. The van der Waals surface area contributed by atoms with Gasteiger partial charge in [0.2, 0.25) is 0 Å². The number of para-hydroxylation sites is 1. The van der Waals surface area contributed by atoms with Gasteiger partial charge in [-0.05, 0) is 29.3 Å². The van der Waals surface area contributed by atoms with Gasteiger partial charge in [-0.3, -0.25) is 0 Å². The Morgan fingerprint density at radius 2 is 1.73 bits per heavy atom. The van der Waals surface area contributed by atoms with Crippen molar-refractivity contribution >= 4 is 23.5 Å². The SMILES string of the molecule is CN(C)c1ccc(C=CC2C=Cc3ccccc3N2C)cc1. The van der Waals surface area contributed by atoms with Crippen LogP contribution in [0, 0.1) is 0 Å². The van der Waals surface area contributed by atoms with E-state index < -0.39 is 0 Å². The van der Waals surface area contributed by atoms with Gasteiger partial charge in [0.1, 0.15) is 0 Å². The minimum Gasteiger partial charge on any atom is -0.378 e. The van der Waals surface area contributed by atoms with Gasteiger partial charge < -0.3 is 9.80 Å². The van der Waals surface area contributed by atoms with Gasteiger partial charge in [0.25, 0.3) is 0 Å². The normalized spacial score (nSPS) is 16.9. The second-order valence-electron chi connectivity index (χ2n) is 5.86. The molecular formula is C20H22N2. The fourth-order valence-corrected chi connectivity index (χ4v) is 2.73. The molecule has 1 heterocycles. The molecule has 0 spiro atoms. The third-order valence-electron chi connectivity index (χ3n) is 4.13. The van der Waals surface area contributed by atoms with Crippen molar-refractivity contribution in [2.45, 2.75) is 6.04 Å². The summed E-state index contributed by atoms with van der Waals surface area (Å²) in [6.45, 7) is 0. The molecule has 2 nitrogen and oxygen atoms in total. The first-order valence-electron chi connectivity index (χ1n) is 7.61. The predicted octanol–water partition coefficient (Wildman–Crippen LogP) is 4.30. The maximum absolute atomic E-state index is 2.31. The van der Waals surface area contributed by atoms with Gasteiger partial charge in [-0.25, -0.2) is 0 Å². The zero-order valence-corrected chi connectivity index (χ0v) is 13.4. The molecular weight excluding hydrogens is 268 g/mol. The number of hydrogen-bond acceptors (Lipinski definition) is 2. The van der Waals surface area contributed by atoms with E-state index in [0.29, 0.717) is 6.04 Å². The van der Waals surface area contributed by atoms with E-state index in [1.54, 1.807) is 0 Å². The van der Waals surface area contributed by atoms with E-state index >= 15 is 0 Å². The highest BCUT2D eigenvalue weighted by Gasteiger charge is 2.15. The highest BCUT2D eigenvalue weighted by Crippen LogP contribution is 2.28. The summed E-state index contributed by atoms with van der Waals surface area (Å²) in [6.07, 6.45) is 8.89. The van der Waals surface area contributed by atoms with Gasteiger partial charge in [-0.15, -0.1) is 0 Å². The van der Waals surface area contributed by atoms with Crippen LogP contribution in [0.2, 0.25) is 0 Å². The van der Waals surface area contributed by atoms with Crippen molar-refractivity contribution in [1.29, 1.82) is 0 Å². The van der Waals surface area contributed by atoms with Crippen LogP contribution in [0.5, 0.6) is 0 Å². The van der Waals surface area contributed by atoms with Crippen LogP contribution in [-0.4, -0.2) is 27.2 Å². The number of likely N-dealkylation sites (N-methyl/N-ethyl adjacent to an activating group) is 1. The lowest BCUT2D eigenvalue weighted by Crippen LogP contribution is -2.30. The van der Waals surface area contributed by atoms with Gasteiger partial charge in [-0.1, -0.05) is 54.6 Å². The Labute approximate surface area is 133 Å². The zero-order chi connectivity index (χ0) is 15.5. The lowest BCUT2D eigenvalue weighted by atomic mass is 10.0. The first-order chi connectivity index (χ1) is 10.6. The maximum Gasteiger partial charge on any atom is 0.0660 e. The lowest BCUT2D eigenvalue weighted by Gasteiger charge is -2.30. The molecule has 0 saturated carbocycles. The molecule has 0 aromatic heterocycles. The monoisotopic (exact) mass is 290 g/mol. The summed E-state index contributed by atoms with van der Waals surface area (Å²) in [6, 6.07) is 17.4. The van der Waals surface area contributed by atoms with Crippen molar-refractivity contribution in [3.05, 3.63) is 71.8 Å². The van der Waals surface area contributed by atoms with Crippen LogP contribution in [0.15, 0.2) is 60.7 Å². The van der Waals surface area contributed by atoms with Crippen LogP contribution in [0.3, 0.4) is 0 Å². The minimum absolute atomic E-state index is 0.295. The smallest absolute Gasteiger partial charge is 0.0660 e. The number of rotatable bonds is 3. The predicted molar refractivity (Wildman–Crippen MR) is 97.5 cm³/mol. The molecule has 1 unspecified atom stereocenters. The fraction of sp³-hybridized carbons (Fsp3) is 0.200. The number of nitrogens with zero attached hydrogens (tertiary/aromatic N) is 2. The Balaban J connectivity index is 1.76. The molecule has 22 heavy (non-hydrogen) atoms. The van der Waals surface area contributed by atoms with Crippen LogP contribution in [0.25, 0.3) is 12.2 Å². The Bertz CT molecular complexity index is 696. The topological polar surface area (TPSA) is 6.48 Å². The largest absolute Gasteiger partial charge is 0.378 e. The zero-order valence-electron chi connectivity index (χ0n) is 13.4. The van der Waals surface area contributed by atoms with Gasteiger partial charge in [0.15, 0.2) is 0 Å². The van der Waals surface area contributed by atoms with Crippen molar-refractivity contribution < 1.29 is 0 Å². The standard InChI is InChI=1S/C20H22N2/c1-21(2)18-12-8-16(9-13-18)10-14-19-15-11-17-6-4-5-7-20(17)22(19)3/h4-15,19H,1-3H3. The molecule has 2 heteroatoms. The van der Waals surface area contributed by atoms with Gasteiger partial charge >= 0.3 is 0 Å². The number of hydrogen-bond donors (Lipinski definition) is 0. The fourth-order valence-electron chi connectivity index (χ4n) is 2.73. The minimum atomic E-state index is 0.295. The van der Waals surface area contributed by atoms with Crippen molar-refractivity contribution in [3.63, 3.8) is 0 Å². The number of anilines is 2. The molecule has 1 aliphatic heterocycles. The Morgan fingerprint density at radius 3 is 2.45 bits per heavy atom. The molecule has 2 aromatic rings. The molecule has 0 aliphatic carbocycles. The molecule has 0 N–H and O–H groups in total. The number of fused-ring (bicyclic) bond motifs is 1. The molecule has 0 saturated heterocycles. The maximum atomic E-state index is 2.31. The third-order valence-corrected chi connectivity index (χ3v) is 4.13. The van der Waals surface area contributed by atoms with E-state index in [-0.39, 0.29) is 0 Å². The van der Waals surface area contributed by atoms with Crippen LogP contribution in [0.1, 0.15) is 11.1 Å². The third kappa shape index (κ3) is 2.91. The average molecular weight is 290 g/mol. The Morgan fingerprint density at radius 1 is 1.00 bits per heavy atom. The van der Waals surface area contributed by atoms with Crippen LogP contribution in [-0.2, 0) is 0 Å². The Kier molecular flexibility index (Phi) is 4.01. The van der Waals surface area contributed by atoms with Crippen molar-refractivity contribution in [2.24, 2.45) is 0 Å². The van der Waals surface area contributed by atoms with Crippen LogP contribution < -0.4 is 9.80 Å². The molecule has 2 aromatic carbocycles. The summed E-state index contributed by atoms with van der Waals surface area (Å²) < 4.78 is 0. The van der Waals surface area contributed by atoms with E-state index in [0.717, 1.165) is 0 Å². The Hall–Kier alpha value is -2.48. The van der Waals surface area contributed by atoms with Crippen LogP contribution in [0.4, 0.5) is 11.4 Å². The summed E-state index contributed by atoms with van der Waals surface area (Å²) in [5.41, 5.74) is 5.01. The van der Waals surface area contributed by atoms with E-state index in [2.05, 4.69) is 104 Å². The van der Waals surface area contributed by atoms with E-state index in [1.807, 2.05) is 0 Å². The molecule has 1 aliphatic rings. The van der Waals surface area contributed by atoms with E-state index in [9.17, 15) is 0 Å². The summed E-state index contributed by atoms with van der Waals surface area (Å²) in [5, 5.41) is 0.